The molecule has 0 aromatic heterocycles. The molecule has 1 heterocycles. The summed E-state index contributed by atoms with van der Waals surface area (Å²) in [5.41, 5.74) is 0.459. The number of halogens is 2. The first-order valence-electron chi connectivity index (χ1n) is 5.44. The van der Waals surface area contributed by atoms with Gasteiger partial charge in [0.05, 0.1) is 12.1 Å². The highest BCUT2D eigenvalue weighted by Crippen LogP contribution is 2.35. The number of alkyl halides is 2. The van der Waals surface area contributed by atoms with Gasteiger partial charge >= 0.3 is 0 Å². The molecule has 2 rings (SSSR count). The zero-order chi connectivity index (χ0) is 13.1. The summed E-state index contributed by atoms with van der Waals surface area (Å²) in [7, 11) is 0. The first kappa shape index (κ1) is 13.0. The van der Waals surface area contributed by atoms with Crippen molar-refractivity contribution in [2.75, 3.05) is 11.4 Å². The molecular formula is C12H11F2NO2S. The van der Waals surface area contributed by atoms with Crippen LogP contribution in [0, 0.1) is 0 Å². The maximum atomic E-state index is 12.4. The van der Waals surface area contributed by atoms with Crippen molar-refractivity contribution < 1.29 is 18.4 Å². The summed E-state index contributed by atoms with van der Waals surface area (Å²) >= 11 is 0.409. The van der Waals surface area contributed by atoms with Crippen LogP contribution >= 0.6 is 11.8 Å². The second-order valence-corrected chi connectivity index (χ2v) is 4.89. The van der Waals surface area contributed by atoms with E-state index in [0.29, 0.717) is 22.3 Å². The Hall–Kier alpha value is -1.43. The van der Waals surface area contributed by atoms with Crippen molar-refractivity contribution in [3.05, 3.63) is 24.3 Å². The van der Waals surface area contributed by atoms with Crippen LogP contribution in [0.2, 0.25) is 0 Å². The van der Waals surface area contributed by atoms with Gasteiger partial charge in [0.15, 0.2) is 0 Å². The maximum absolute atomic E-state index is 12.4. The summed E-state index contributed by atoms with van der Waals surface area (Å²) < 4.78 is 24.9. The molecule has 18 heavy (non-hydrogen) atoms. The summed E-state index contributed by atoms with van der Waals surface area (Å²) in [6.45, 7) is 0.262. The van der Waals surface area contributed by atoms with E-state index in [9.17, 15) is 18.4 Å². The van der Waals surface area contributed by atoms with E-state index in [4.69, 9.17) is 0 Å². The van der Waals surface area contributed by atoms with Gasteiger partial charge < -0.3 is 4.90 Å². The molecule has 0 aliphatic carbocycles. The van der Waals surface area contributed by atoms with Gasteiger partial charge in [-0.15, -0.1) is 0 Å². The molecule has 1 aliphatic rings. The number of hydrogen-bond donors (Lipinski definition) is 0. The predicted molar refractivity (Wildman–Crippen MR) is 64.9 cm³/mol. The number of para-hydroxylation sites is 1. The summed E-state index contributed by atoms with van der Waals surface area (Å²) in [5.74, 6) is -2.96. The molecule has 1 aromatic rings. The number of nitrogens with zero attached hydrogens (tertiary/aromatic N) is 1. The van der Waals surface area contributed by atoms with Gasteiger partial charge in [-0.3, -0.25) is 9.59 Å². The van der Waals surface area contributed by atoms with Crippen LogP contribution in [0.15, 0.2) is 29.2 Å². The van der Waals surface area contributed by atoms with Gasteiger partial charge in [-0.05, 0) is 12.1 Å². The van der Waals surface area contributed by atoms with E-state index in [1.807, 2.05) is 0 Å². The van der Waals surface area contributed by atoms with E-state index in [1.165, 1.54) is 4.90 Å². The molecule has 1 aliphatic heterocycles. The lowest BCUT2D eigenvalue weighted by atomic mass is 10.1. The van der Waals surface area contributed by atoms with E-state index < -0.39 is 5.76 Å². The van der Waals surface area contributed by atoms with E-state index in [2.05, 4.69) is 0 Å². The molecule has 1 aromatic carbocycles. The number of thioether (sulfide) groups is 1. The van der Waals surface area contributed by atoms with Crippen molar-refractivity contribution in [3.8, 4) is 0 Å². The van der Waals surface area contributed by atoms with Crippen LogP contribution in [0.5, 0.6) is 0 Å². The molecule has 0 radical (unpaired) electrons. The van der Waals surface area contributed by atoms with Gasteiger partial charge in [-0.1, -0.05) is 23.9 Å². The van der Waals surface area contributed by atoms with Crippen molar-refractivity contribution in [1.29, 1.82) is 0 Å². The monoisotopic (exact) mass is 271 g/mol. The van der Waals surface area contributed by atoms with Gasteiger partial charge in [0.25, 0.3) is 5.76 Å². The molecule has 6 heteroatoms. The number of benzene rings is 1. The number of carbonyl (C=O) groups excluding carboxylic acids is 2. The van der Waals surface area contributed by atoms with Crippen LogP contribution in [-0.4, -0.2) is 24.0 Å². The van der Waals surface area contributed by atoms with Gasteiger partial charge in [0.2, 0.25) is 5.91 Å². The number of piperidine rings is 1. The summed E-state index contributed by atoms with van der Waals surface area (Å²) in [6, 6.07) is 6.51. The van der Waals surface area contributed by atoms with Crippen molar-refractivity contribution in [2.24, 2.45) is 0 Å². The summed E-state index contributed by atoms with van der Waals surface area (Å²) in [5, 5.41) is 0. The lowest BCUT2D eigenvalue weighted by molar-refractivity contribution is -0.128. The van der Waals surface area contributed by atoms with Crippen LogP contribution in [0.4, 0.5) is 14.5 Å². The molecule has 1 saturated heterocycles. The highest BCUT2D eigenvalue weighted by atomic mass is 32.2. The molecule has 1 amide bonds. The van der Waals surface area contributed by atoms with E-state index in [1.54, 1.807) is 24.3 Å². The smallest absolute Gasteiger partial charge is 0.288 e. The first-order valence-corrected chi connectivity index (χ1v) is 6.32. The minimum Gasteiger partial charge on any atom is -0.310 e. The Labute approximate surface area is 107 Å². The molecule has 0 bridgehead atoms. The van der Waals surface area contributed by atoms with Crippen molar-refractivity contribution in [1.82, 2.24) is 0 Å². The third kappa shape index (κ3) is 2.87. The standard InChI is InChI=1S/C12H11F2NO2S/c13-12(14)18-10-4-2-1-3-9(10)15-6-5-8(16)7-11(15)17/h1-4,12H,5-7H2. The Bertz CT molecular complexity index is 479. The fourth-order valence-corrected chi connectivity index (χ4v) is 2.49. The molecule has 0 atom stereocenters. The Morgan fingerprint density at radius 2 is 1.94 bits per heavy atom. The van der Waals surface area contributed by atoms with Crippen molar-refractivity contribution in [2.45, 2.75) is 23.5 Å². The fourth-order valence-electron chi connectivity index (χ4n) is 1.84. The zero-order valence-electron chi connectivity index (χ0n) is 9.44. The highest BCUT2D eigenvalue weighted by molar-refractivity contribution is 7.99. The van der Waals surface area contributed by atoms with Gasteiger partial charge in [-0.25, -0.2) is 0 Å². The Morgan fingerprint density at radius 3 is 2.61 bits per heavy atom. The number of ketones is 1. The van der Waals surface area contributed by atoms with E-state index >= 15 is 0 Å². The molecule has 1 fully saturated rings. The normalized spacial score (nSPS) is 16.5. The maximum Gasteiger partial charge on any atom is 0.288 e. The lowest BCUT2D eigenvalue weighted by Gasteiger charge is -2.27. The molecule has 0 saturated carbocycles. The largest absolute Gasteiger partial charge is 0.310 e. The van der Waals surface area contributed by atoms with Crippen LogP contribution in [-0.2, 0) is 9.59 Å². The minimum absolute atomic E-state index is 0.102. The number of amides is 1. The third-order valence-electron chi connectivity index (χ3n) is 2.64. The van der Waals surface area contributed by atoms with Crippen molar-refractivity contribution >= 4 is 29.1 Å². The lowest BCUT2D eigenvalue weighted by Crippen LogP contribution is -2.39. The number of Topliss-reactive ketones (excluding diaryl/α,β-unsaturated/α-hetero) is 1. The number of anilines is 1. The molecule has 0 N–H and O–H groups in total. The zero-order valence-corrected chi connectivity index (χ0v) is 10.3. The Morgan fingerprint density at radius 1 is 1.22 bits per heavy atom. The second-order valence-electron chi connectivity index (χ2n) is 3.86. The molecule has 0 spiro atoms. The molecule has 96 valence electrons. The molecule has 3 nitrogen and oxygen atoms in total. The average Bonchev–Trinajstić information content (AvgIpc) is 2.30. The van der Waals surface area contributed by atoms with Gasteiger partial charge in [-0.2, -0.15) is 8.78 Å². The summed E-state index contributed by atoms with van der Waals surface area (Å²) in [4.78, 5) is 24.7. The Kier molecular flexibility index (Phi) is 3.96. The molecular weight excluding hydrogens is 260 g/mol. The number of carbonyl (C=O) groups is 2. The minimum atomic E-state index is -2.53. The third-order valence-corrected chi connectivity index (χ3v) is 3.41. The average molecular weight is 271 g/mol. The summed E-state index contributed by atoms with van der Waals surface area (Å²) in [6.07, 6.45) is 0.132. The quantitative estimate of drug-likeness (QED) is 0.626. The molecule has 0 unspecified atom stereocenters. The van der Waals surface area contributed by atoms with E-state index in [-0.39, 0.29) is 31.1 Å². The topological polar surface area (TPSA) is 37.4 Å². The van der Waals surface area contributed by atoms with Gasteiger partial charge in [0, 0.05) is 17.9 Å². The highest BCUT2D eigenvalue weighted by Gasteiger charge is 2.26. The van der Waals surface area contributed by atoms with E-state index in [0.717, 1.165) is 0 Å². The number of hydrogen-bond acceptors (Lipinski definition) is 3. The Balaban J connectivity index is 2.27. The number of rotatable bonds is 3. The fraction of sp³-hybridized carbons (Fsp3) is 0.333. The first-order chi connectivity index (χ1) is 8.58. The van der Waals surface area contributed by atoms with Crippen molar-refractivity contribution in [3.63, 3.8) is 0 Å². The van der Waals surface area contributed by atoms with Crippen LogP contribution in [0.25, 0.3) is 0 Å². The SMILES string of the molecule is O=C1CCN(c2ccccc2SC(F)F)C(=O)C1. The van der Waals surface area contributed by atoms with Crippen LogP contribution in [0.1, 0.15) is 12.8 Å². The van der Waals surface area contributed by atoms with Crippen LogP contribution in [0.3, 0.4) is 0 Å². The van der Waals surface area contributed by atoms with Crippen LogP contribution < -0.4 is 4.90 Å². The predicted octanol–water partition coefficient (Wildman–Crippen LogP) is 2.70. The van der Waals surface area contributed by atoms with Gasteiger partial charge in [0.1, 0.15) is 5.78 Å². The second kappa shape index (κ2) is 5.48.